The molecule has 0 bridgehead atoms. The van der Waals surface area contributed by atoms with E-state index in [0.29, 0.717) is 17.1 Å². The lowest BCUT2D eigenvalue weighted by Crippen LogP contribution is -1.96. The molecule has 2 aromatic rings. The molecule has 5 heteroatoms. The van der Waals surface area contributed by atoms with Crippen molar-refractivity contribution in [1.82, 2.24) is 15.4 Å². The maximum absolute atomic E-state index is 9.56. The SMILES string of the molecule is COc1ccccc1-c1n[nH]nc1C(C)O. The lowest BCUT2D eigenvalue weighted by Gasteiger charge is -2.07. The van der Waals surface area contributed by atoms with Crippen LogP contribution < -0.4 is 4.74 Å². The second-order valence-electron chi connectivity index (χ2n) is 3.43. The van der Waals surface area contributed by atoms with E-state index in [4.69, 9.17) is 4.74 Å². The molecule has 2 rings (SSSR count). The van der Waals surface area contributed by atoms with E-state index < -0.39 is 6.10 Å². The van der Waals surface area contributed by atoms with Crippen LogP contribution in [0, 0.1) is 0 Å². The van der Waals surface area contributed by atoms with Gasteiger partial charge in [-0.2, -0.15) is 15.4 Å². The molecule has 1 aromatic carbocycles. The number of ether oxygens (including phenoxy) is 1. The van der Waals surface area contributed by atoms with Crippen LogP contribution >= 0.6 is 0 Å². The largest absolute Gasteiger partial charge is 0.496 e. The van der Waals surface area contributed by atoms with E-state index in [1.54, 1.807) is 14.0 Å². The van der Waals surface area contributed by atoms with Gasteiger partial charge < -0.3 is 9.84 Å². The van der Waals surface area contributed by atoms with Crippen LogP contribution in [0.2, 0.25) is 0 Å². The van der Waals surface area contributed by atoms with E-state index in [9.17, 15) is 5.11 Å². The Morgan fingerprint density at radius 2 is 2.06 bits per heavy atom. The average molecular weight is 219 g/mol. The maximum Gasteiger partial charge on any atom is 0.128 e. The van der Waals surface area contributed by atoms with E-state index in [2.05, 4.69) is 15.4 Å². The summed E-state index contributed by atoms with van der Waals surface area (Å²) in [6, 6.07) is 7.49. The Morgan fingerprint density at radius 1 is 1.31 bits per heavy atom. The summed E-state index contributed by atoms with van der Waals surface area (Å²) in [5, 5.41) is 20.0. The molecule has 0 radical (unpaired) electrons. The Balaban J connectivity index is 2.54. The summed E-state index contributed by atoms with van der Waals surface area (Å²) >= 11 is 0. The number of aliphatic hydroxyl groups is 1. The molecular weight excluding hydrogens is 206 g/mol. The van der Waals surface area contributed by atoms with E-state index in [1.165, 1.54) is 0 Å². The minimum Gasteiger partial charge on any atom is -0.496 e. The number of benzene rings is 1. The van der Waals surface area contributed by atoms with Crippen molar-refractivity contribution in [3.05, 3.63) is 30.0 Å². The molecule has 0 aliphatic carbocycles. The molecule has 16 heavy (non-hydrogen) atoms. The van der Waals surface area contributed by atoms with Gasteiger partial charge in [-0.1, -0.05) is 12.1 Å². The summed E-state index contributed by atoms with van der Waals surface area (Å²) in [6.45, 7) is 1.65. The minimum absolute atomic E-state index is 0.518. The molecular formula is C11H13N3O2. The van der Waals surface area contributed by atoms with Crippen molar-refractivity contribution in [3.8, 4) is 17.0 Å². The quantitative estimate of drug-likeness (QED) is 0.821. The van der Waals surface area contributed by atoms with Gasteiger partial charge in [-0.15, -0.1) is 0 Å². The first-order valence-electron chi connectivity index (χ1n) is 4.96. The Morgan fingerprint density at radius 3 is 2.75 bits per heavy atom. The highest BCUT2D eigenvalue weighted by Crippen LogP contribution is 2.31. The Bertz CT molecular complexity index is 480. The number of H-pyrrole nitrogens is 1. The lowest BCUT2D eigenvalue weighted by molar-refractivity contribution is 0.195. The number of hydrogen-bond acceptors (Lipinski definition) is 4. The normalized spacial score (nSPS) is 12.4. The third-order valence-corrected chi connectivity index (χ3v) is 2.33. The molecule has 5 nitrogen and oxygen atoms in total. The second-order valence-corrected chi connectivity index (χ2v) is 3.43. The third-order valence-electron chi connectivity index (χ3n) is 2.33. The van der Waals surface area contributed by atoms with E-state index in [1.807, 2.05) is 24.3 Å². The number of nitrogens with zero attached hydrogens (tertiary/aromatic N) is 2. The Hall–Kier alpha value is -1.88. The molecule has 0 aliphatic heterocycles. The zero-order valence-corrected chi connectivity index (χ0v) is 9.14. The van der Waals surface area contributed by atoms with Gasteiger partial charge in [-0.05, 0) is 19.1 Å². The molecule has 0 saturated heterocycles. The topological polar surface area (TPSA) is 71.0 Å². The van der Waals surface area contributed by atoms with Crippen LogP contribution in [0.1, 0.15) is 18.7 Å². The monoisotopic (exact) mass is 219 g/mol. The molecule has 1 unspecified atom stereocenters. The number of methoxy groups -OCH3 is 1. The van der Waals surface area contributed by atoms with Crippen molar-refractivity contribution in [1.29, 1.82) is 0 Å². The molecule has 0 saturated carbocycles. The zero-order valence-electron chi connectivity index (χ0n) is 9.14. The van der Waals surface area contributed by atoms with Gasteiger partial charge in [0.05, 0.1) is 13.2 Å². The summed E-state index contributed by atoms with van der Waals surface area (Å²) in [6.07, 6.45) is -0.668. The Labute approximate surface area is 93.1 Å². The predicted molar refractivity (Wildman–Crippen MR) is 59.0 cm³/mol. The van der Waals surface area contributed by atoms with Crippen molar-refractivity contribution in [2.75, 3.05) is 7.11 Å². The number of rotatable bonds is 3. The first kappa shape index (κ1) is 10.6. The van der Waals surface area contributed by atoms with Crippen molar-refractivity contribution >= 4 is 0 Å². The number of hydrogen-bond donors (Lipinski definition) is 2. The smallest absolute Gasteiger partial charge is 0.128 e. The minimum atomic E-state index is -0.668. The van der Waals surface area contributed by atoms with Crippen LogP contribution in [-0.2, 0) is 0 Å². The molecule has 1 heterocycles. The van der Waals surface area contributed by atoms with Crippen LogP contribution in [0.4, 0.5) is 0 Å². The number of para-hydroxylation sites is 1. The van der Waals surface area contributed by atoms with Gasteiger partial charge in [0.15, 0.2) is 0 Å². The fourth-order valence-electron chi connectivity index (χ4n) is 1.57. The summed E-state index contributed by atoms with van der Waals surface area (Å²) in [7, 11) is 1.60. The van der Waals surface area contributed by atoms with Gasteiger partial charge in [0.2, 0.25) is 0 Å². The van der Waals surface area contributed by atoms with Crippen molar-refractivity contribution in [2.24, 2.45) is 0 Å². The van der Waals surface area contributed by atoms with Crippen LogP contribution in [0.3, 0.4) is 0 Å². The highest BCUT2D eigenvalue weighted by molar-refractivity contribution is 5.68. The maximum atomic E-state index is 9.56. The molecule has 1 aromatic heterocycles. The zero-order chi connectivity index (χ0) is 11.5. The summed E-state index contributed by atoms with van der Waals surface area (Å²) < 4.78 is 5.24. The number of nitrogens with one attached hydrogen (secondary N) is 1. The van der Waals surface area contributed by atoms with Gasteiger partial charge >= 0.3 is 0 Å². The van der Waals surface area contributed by atoms with E-state index >= 15 is 0 Å². The first-order chi connectivity index (χ1) is 7.74. The van der Waals surface area contributed by atoms with E-state index in [-0.39, 0.29) is 0 Å². The van der Waals surface area contributed by atoms with E-state index in [0.717, 1.165) is 5.56 Å². The molecule has 2 N–H and O–H groups in total. The molecule has 84 valence electrons. The summed E-state index contributed by atoms with van der Waals surface area (Å²) in [4.78, 5) is 0. The average Bonchev–Trinajstić information content (AvgIpc) is 2.77. The fraction of sp³-hybridized carbons (Fsp3) is 0.273. The summed E-state index contributed by atoms with van der Waals surface area (Å²) in [5.41, 5.74) is 1.95. The predicted octanol–water partition coefficient (Wildman–Crippen LogP) is 1.53. The fourth-order valence-corrected chi connectivity index (χ4v) is 1.57. The van der Waals surface area contributed by atoms with Crippen molar-refractivity contribution < 1.29 is 9.84 Å². The number of aliphatic hydroxyl groups excluding tert-OH is 1. The number of aromatic amines is 1. The highest BCUT2D eigenvalue weighted by Gasteiger charge is 2.17. The van der Waals surface area contributed by atoms with Crippen molar-refractivity contribution in [2.45, 2.75) is 13.0 Å². The number of aromatic nitrogens is 3. The first-order valence-corrected chi connectivity index (χ1v) is 4.96. The van der Waals surface area contributed by atoms with Gasteiger partial charge in [-0.3, -0.25) is 0 Å². The highest BCUT2D eigenvalue weighted by atomic mass is 16.5. The van der Waals surface area contributed by atoms with Crippen LogP contribution in [-0.4, -0.2) is 27.6 Å². The molecule has 0 spiro atoms. The molecule has 0 fully saturated rings. The molecule has 1 atom stereocenters. The van der Waals surface area contributed by atoms with Gasteiger partial charge in [-0.25, -0.2) is 0 Å². The summed E-state index contributed by atoms with van der Waals surface area (Å²) in [5.74, 6) is 0.707. The molecule has 0 aliphatic rings. The second kappa shape index (κ2) is 4.32. The van der Waals surface area contributed by atoms with Gasteiger partial charge in [0, 0.05) is 5.56 Å². The molecule has 0 amide bonds. The third kappa shape index (κ3) is 1.77. The Kier molecular flexibility index (Phi) is 2.87. The van der Waals surface area contributed by atoms with Crippen LogP contribution in [0.15, 0.2) is 24.3 Å². The van der Waals surface area contributed by atoms with Gasteiger partial charge in [0.25, 0.3) is 0 Å². The van der Waals surface area contributed by atoms with Gasteiger partial charge in [0.1, 0.15) is 17.1 Å². The van der Waals surface area contributed by atoms with Crippen LogP contribution in [0.25, 0.3) is 11.3 Å². The lowest BCUT2D eigenvalue weighted by atomic mass is 10.1. The van der Waals surface area contributed by atoms with Crippen molar-refractivity contribution in [3.63, 3.8) is 0 Å². The van der Waals surface area contributed by atoms with Crippen LogP contribution in [0.5, 0.6) is 5.75 Å². The standard InChI is InChI=1S/C11H13N3O2/c1-7(15)10-11(13-14-12-10)8-5-3-4-6-9(8)16-2/h3-7,15H,1-2H3,(H,12,13,14).